The number of hydrogen-bond donors (Lipinski definition) is 0. The van der Waals surface area contributed by atoms with Gasteiger partial charge in [-0.3, -0.25) is 0 Å². The first-order valence-electron chi connectivity index (χ1n) is 7.34. The fraction of sp³-hybridized carbons (Fsp3) is 0.562. The average molecular weight is 280 g/mol. The zero-order chi connectivity index (χ0) is 14.8. The molecular weight excluding hydrogens is 258 g/mol. The summed E-state index contributed by atoms with van der Waals surface area (Å²) < 4.78 is 29.6. The smallest absolute Gasteiger partial charge is 0.302 e. The van der Waals surface area contributed by atoms with Crippen LogP contribution in [-0.4, -0.2) is 9.55 Å². The minimum atomic E-state index is -2.92. The third-order valence-corrected chi connectivity index (χ3v) is 3.60. The third kappa shape index (κ3) is 2.84. The van der Waals surface area contributed by atoms with E-state index in [1.54, 1.807) is 10.6 Å². The molecule has 20 heavy (non-hydrogen) atoms. The number of imidazole rings is 1. The lowest BCUT2D eigenvalue weighted by Crippen LogP contribution is -2.20. The van der Waals surface area contributed by atoms with E-state index in [9.17, 15) is 8.78 Å². The largest absolute Gasteiger partial charge is 0.320 e. The summed E-state index contributed by atoms with van der Waals surface area (Å²) in [5, 5.41) is 0. The van der Waals surface area contributed by atoms with Crippen LogP contribution in [0.15, 0.2) is 24.3 Å². The van der Waals surface area contributed by atoms with Crippen molar-refractivity contribution in [2.45, 2.75) is 58.4 Å². The number of benzene rings is 1. The van der Waals surface area contributed by atoms with Crippen molar-refractivity contribution in [2.24, 2.45) is 0 Å². The zero-order valence-electron chi connectivity index (χ0n) is 12.4. The van der Waals surface area contributed by atoms with Gasteiger partial charge in [-0.1, -0.05) is 38.8 Å². The standard InChI is InChI=1S/C16H22F2N2/c1-4-8-12(9-5-2)20-14-11-7-6-10-13(14)19-15(20)16(3,17)18/h6-7,10-12H,4-5,8-9H2,1-3H3. The van der Waals surface area contributed by atoms with E-state index in [4.69, 9.17) is 0 Å². The van der Waals surface area contributed by atoms with Crippen molar-refractivity contribution in [1.82, 2.24) is 9.55 Å². The highest BCUT2D eigenvalue weighted by Gasteiger charge is 2.33. The molecule has 1 heterocycles. The Kier molecular flexibility index (Phi) is 4.41. The van der Waals surface area contributed by atoms with Crippen LogP contribution in [0.25, 0.3) is 11.0 Å². The molecule has 0 aliphatic heterocycles. The highest BCUT2D eigenvalue weighted by Crippen LogP contribution is 2.34. The van der Waals surface area contributed by atoms with E-state index in [1.807, 2.05) is 18.2 Å². The van der Waals surface area contributed by atoms with Gasteiger partial charge in [-0.2, -0.15) is 8.78 Å². The number of aromatic nitrogens is 2. The van der Waals surface area contributed by atoms with Gasteiger partial charge >= 0.3 is 5.92 Å². The van der Waals surface area contributed by atoms with Crippen LogP contribution in [0.4, 0.5) is 8.78 Å². The molecule has 1 aromatic carbocycles. The van der Waals surface area contributed by atoms with Crippen LogP contribution in [0.5, 0.6) is 0 Å². The molecule has 0 unspecified atom stereocenters. The molecule has 110 valence electrons. The number of nitrogens with zero attached hydrogens (tertiary/aromatic N) is 2. The summed E-state index contributed by atoms with van der Waals surface area (Å²) >= 11 is 0. The quantitative estimate of drug-likeness (QED) is 0.703. The van der Waals surface area contributed by atoms with Crippen molar-refractivity contribution >= 4 is 11.0 Å². The van der Waals surface area contributed by atoms with Crippen LogP contribution in [0.3, 0.4) is 0 Å². The fourth-order valence-corrected chi connectivity index (χ4v) is 2.79. The second-order valence-electron chi connectivity index (χ2n) is 5.41. The Morgan fingerprint density at radius 3 is 2.30 bits per heavy atom. The lowest BCUT2D eigenvalue weighted by atomic mass is 10.1. The lowest BCUT2D eigenvalue weighted by Gasteiger charge is -2.23. The van der Waals surface area contributed by atoms with E-state index < -0.39 is 5.92 Å². The maximum atomic E-state index is 13.9. The molecule has 0 spiro atoms. The van der Waals surface area contributed by atoms with Gasteiger partial charge in [-0.15, -0.1) is 0 Å². The summed E-state index contributed by atoms with van der Waals surface area (Å²) in [5.41, 5.74) is 1.47. The van der Waals surface area contributed by atoms with E-state index >= 15 is 0 Å². The fourth-order valence-electron chi connectivity index (χ4n) is 2.79. The Labute approximate surface area is 118 Å². The minimum Gasteiger partial charge on any atom is -0.320 e. The zero-order valence-corrected chi connectivity index (χ0v) is 12.4. The molecule has 0 saturated carbocycles. The Bertz CT molecular complexity index is 563. The van der Waals surface area contributed by atoms with Crippen LogP contribution in [0.2, 0.25) is 0 Å². The van der Waals surface area contributed by atoms with Gasteiger partial charge in [-0.25, -0.2) is 4.98 Å². The highest BCUT2D eigenvalue weighted by atomic mass is 19.3. The molecule has 0 saturated heterocycles. The average Bonchev–Trinajstić information content (AvgIpc) is 2.77. The maximum absolute atomic E-state index is 13.9. The molecule has 0 aliphatic carbocycles. The number of para-hydroxylation sites is 2. The number of halogens is 2. The van der Waals surface area contributed by atoms with Gasteiger partial charge in [0.1, 0.15) is 0 Å². The lowest BCUT2D eigenvalue weighted by molar-refractivity contribution is 0.00277. The molecule has 0 fully saturated rings. The summed E-state index contributed by atoms with van der Waals surface area (Å²) in [5.74, 6) is -3.02. The third-order valence-electron chi connectivity index (χ3n) is 3.60. The molecule has 0 amide bonds. The molecule has 0 radical (unpaired) electrons. The van der Waals surface area contributed by atoms with E-state index in [-0.39, 0.29) is 11.9 Å². The van der Waals surface area contributed by atoms with Gasteiger partial charge in [0, 0.05) is 13.0 Å². The summed E-state index contributed by atoms with van der Waals surface area (Å²) in [7, 11) is 0. The molecule has 1 aromatic heterocycles. The topological polar surface area (TPSA) is 17.8 Å². The second kappa shape index (κ2) is 5.90. The van der Waals surface area contributed by atoms with Gasteiger partial charge in [0.15, 0.2) is 5.82 Å². The predicted octanol–water partition coefficient (Wildman–Crippen LogP) is 5.29. The first-order chi connectivity index (χ1) is 9.49. The SMILES string of the molecule is CCCC(CCC)n1c(C(C)(F)F)nc2ccccc21. The van der Waals surface area contributed by atoms with Crippen molar-refractivity contribution in [2.75, 3.05) is 0 Å². The molecule has 2 aromatic rings. The molecule has 0 bridgehead atoms. The van der Waals surface area contributed by atoms with E-state index in [0.717, 1.165) is 38.1 Å². The van der Waals surface area contributed by atoms with Crippen LogP contribution in [0, 0.1) is 0 Å². The molecule has 2 nitrogen and oxygen atoms in total. The molecule has 0 N–H and O–H groups in total. The Morgan fingerprint density at radius 2 is 1.75 bits per heavy atom. The van der Waals surface area contributed by atoms with Gasteiger partial charge in [0.25, 0.3) is 0 Å². The van der Waals surface area contributed by atoms with Crippen molar-refractivity contribution in [3.05, 3.63) is 30.1 Å². The Balaban J connectivity index is 2.63. The Morgan fingerprint density at radius 1 is 1.15 bits per heavy atom. The van der Waals surface area contributed by atoms with Crippen LogP contribution in [-0.2, 0) is 5.92 Å². The van der Waals surface area contributed by atoms with Gasteiger partial charge in [-0.05, 0) is 25.0 Å². The van der Waals surface area contributed by atoms with Gasteiger partial charge in [0.2, 0.25) is 0 Å². The predicted molar refractivity (Wildman–Crippen MR) is 78.2 cm³/mol. The monoisotopic (exact) mass is 280 g/mol. The summed E-state index contributed by atoms with van der Waals surface area (Å²) in [6.45, 7) is 5.11. The molecule has 0 atom stereocenters. The van der Waals surface area contributed by atoms with Crippen LogP contribution < -0.4 is 0 Å². The Hall–Kier alpha value is -1.45. The maximum Gasteiger partial charge on any atom is 0.302 e. The van der Waals surface area contributed by atoms with E-state index in [1.165, 1.54) is 0 Å². The highest BCUT2D eigenvalue weighted by molar-refractivity contribution is 5.76. The molecule has 0 aliphatic rings. The molecular formula is C16H22F2N2. The first kappa shape index (κ1) is 14.9. The van der Waals surface area contributed by atoms with Gasteiger partial charge < -0.3 is 4.57 Å². The number of hydrogen-bond acceptors (Lipinski definition) is 1. The molecule has 4 heteroatoms. The van der Waals surface area contributed by atoms with Crippen molar-refractivity contribution in [3.8, 4) is 0 Å². The normalized spacial score (nSPS) is 12.5. The van der Waals surface area contributed by atoms with Crippen molar-refractivity contribution in [3.63, 3.8) is 0 Å². The summed E-state index contributed by atoms with van der Waals surface area (Å²) in [6.07, 6.45) is 3.76. The first-order valence-corrected chi connectivity index (χ1v) is 7.34. The van der Waals surface area contributed by atoms with Crippen molar-refractivity contribution in [1.29, 1.82) is 0 Å². The number of fused-ring (bicyclic) bond motifs is 1. The van der Waals surface area contributed by atoms with Gasteiger partial charge in [0.05, 0.1) is 11.0 Å². The minimum absolute atomic E-state index is 0.0956. The summed E-state index contributed by atoms with van der Waals surface area (Å²) in [6, 6.07) is 7.50. The molecule has 2 rings (SSSR count). The summed E-state index contributed by atoms with van der Waals surface area (Å²) in [4.78, 5) is 4.18. The van der Waals surface area contributed by atoms with Crippen LogP contribution in [0.1, 0.15) is 58.3 Å². The number of rotatable bonds is 6. The van der Waals surface area contributed by atoms with E-state index in [0.29, 0.717) is 5.52 Å². The van der Waals surface area contributed by atoms with E-state index in [2.05, 4.69) is 18.8 Å². The van der Waals surface area contributed by atoms with Crippen LogP contribution >= 0.6 is 0 Å². The van der Waals surface area contributed by atoms with Crippen molar-refractivity contribution < 1.29 is 8.78 Å². The second-order valence-corrected chi connectivity index (χ2v) is 5.41. The number of alkyl halides is 2.